The predicted octanol–water partition coefficient (Wildman–Crippen LogP) is 15.4. The highest BCUT2D eigenvalue weighted by molar-refractivity contribution is 7.47. The fourth-order valence-electron chi connectivity index (χ4n) is 7.08. The predicted molar refractivity (Wildman–Crippen MR) is 252 cm³/mol. The van der Waals surface area contributed by atoms with Gasteiger partial charge in [0.05, 0.1) is 19.8 Å². The molecule has 2 atom stereocenters. The summed E-state index contributed by atoms with van der Waals surface area (Å²) in [7, 11) is -4.28. The number of ether oxygens (including phenoxy) is 2. The van der Waals surface area contributed by atoms with Crippen molar-refractivity contribution in [3.8, 4) is 0 Å². The van der Waals surface area contributed by atoms with Gasteiger partial charge in [0.1, 0.15) is 6.10 Å². The Balaban J connectivity index is 3.91. The number of hydrogen-bond donors (Lipinski definition) is 2. The molecular weight excluding hydrogens is 758 g/mol. The van der Waals surface area contributed by atoms with Crippen molar-refractivity contribution >= 4 is 13.8 Å². The quantitative estimate of drug-likeness (QED) is 0.0269. The van der Waals surface area contributed by atoms with Gasteiger partial charge in [-0.1, -0.05) is 198 Å². The number of phosphoric ester groups is 1. The highest BCUT2D eigenvalue weighted by Gasteiger charge is 2.25. The first-order chi connectivity index (χ1) is 28.9. The first-order valence-electron chi connectivity index (χ1n) is 25.0. The molecular formula is C50H96NO7P. The molecule has 0 aromatic rings. The van der Waals surface area contributed by atoms with E-state index in [1.165, 1.54) is 180 Å². The van der Waals surface area contributed by atoms with Gasteiger partial charge >= 0.3 is 13.8 Å². The summed E-state index contributed by atoms with van der Waals surface area (Å²) < 4.78 is 33.5. The van der Waals surface area contributed by atoms with Gasteiger partial charge in [-0.15, -0.1) is 0 Å². The molecule has 0 amide bonds. The molecule has 0 spiro atoms. The van der Waals surface area contributed by atoms with Crippen LogP contribution < -0.4 is 5.73 Å². The topological polar surface area (TPSA) is 117 Å². The standard InChI is InChI=1S/C50H96NO7P/c1-3-5-7-9-11-13-15-17-19-20-21-22-23-24-25-26-27-28-29-31-33-35-37-39-41-43-50(52)58-49(48-57-59(53,54)56-46-44-51)47-55-45-42-40-38-36-34-32-30-18-16-14-12-10-8-6-4-2/h15-18,20-21,49H,3-14,19,22-48,51H2,1-2H3,(H,53,54)/b17-15-,18-16-,21-20-. The van der Waals surface area contributed by atoms with E-state index in [9.17, 15) is 14.3 Å². The van der Waals surface area contributed by atoms with Crippen LogP contribution in [0.4, 0.5) is 0 Å². The summed E-state index contributed by atoms with van der Waals surface area (Å²) in [6.45, 7) is 4.92. The number of carbonyl (C=O) groups is 1. The zero-order valence-electron chi connectivity index (χ0n) is 38.7. The SMILES string of the molecule is CCCCCCC/C=C\C/C=C\CCCCCCCCCCCCCCCC(=O)OC(COCCCCCCCC/C=C\CCCCCCC)COP(=O)(O)OCCN. The molecule has 0 aliphatic rings. The van der Waals surface area contributed by atoms with Crippen molar-refractivity contribution in [2.75, 3.05) is 33.0 Å². The average molecular weight is 854 g/mol. The first-order valence-corrected chi connectivity index (χ1v) is 26.5. The number of unbranched alkanes of at least 4 members (excludes halogenated alkanes) is 29. The molecule has 0 bridgehead atoms. The Kier molecular flexibility index (Phi) is 46.7. The van der Waals surface area contributed by atoms with Gasteiger partial charge in [0.15, 0.2) is 0 Å². The van der Waals surface area contributed by atoms with Gasteiger partial charge in [-0.25, -0.2) is 4.57 Å². The number of carbonyl (C=O) groups excluding carboxylic acids is 1. The molecule has 0 rings (SSSR count). The Bertz CT molecular complexity index is 1000. The smallest absolute Gasteiger partial charge is 0.457 e. The molecule has 2 unspecified atom stereocenters. The summed E-state index contributed by atoms with van der Waals surface area (Å²) in [5, 5.41) is 0. The molecule has 0 radical (unpaired) electrons. The van der Waals surface area contributed by atoms with Gasteiger partial charge in [0, 0.05) is 19.6 Å². The summed E-state index contributed by atoms with van der Waals surface area (Å²) in [6.07, 6.45) is 56.0. The van der Waals surface area contributed by atoms with Crippen LogP contribution in [0.15, 0.2) is 36.5 Å². The molecule has 9 heteroatoms. The molecule has 0 saturated heterocycles. The number of phosphoric acid groups is 1. The van der Waals surface area contributed by atoms with Crippen molar-refractivity contribution in [3.63, 3.8) is 0 Å². The Morgan fingerprint density at radius 3 is 1.34 bits per heavy atom. The van der Waals surface area contributed by atoms with Crippen molar-refractivity contribution in [1.82, 2.24) is 0 Å². The number of esters is 1. The van der Waals surface area contributed by atoms with Crippen molar-refractivity contribution in [2.24, 2.45) is 5.73 Å². The number of hydrogen-bond acceptors (Lipinski definition) is 7. The number of nitrogens with two attached hydrogens (primary N) is 1. The minimum Gasteiger partial charge on any atom is -0.457 e. The largest absolute Gasteiger partial charge is 0.472 e. The molecule has 0 aliphatic carbocycles. The van der Waals surface area contributed by atoms with Gasteiger partial charge in [-0.2, -0.15) is 0 Å². The van der Waals surface area contributed by atoms with Crippen LogP contribution >= 0.6 is 7.82 Å². The second-order valence-corrected chi connectivity index (χ2v) is 18.1. The van der Waals surface area contributed by atoms with Crippen LogP contribution in [0.5, 0.6) is 0 Å². The zero-order valence-corrected chi connectivity index (χ0v) is 39.6. The van der Waals surface area contributed by atoms with Crippen molar-refractivity contribution in [2.45, 2.75) is 245 Å². The molecule has 3 N–H and O–H groups in total. The zero-order chi connectivity index (χ0) is 43.0. The second-order valence-electron chi connectivity index (χ2n) is 16.7. The second kappa shape index (κ2) is 47.8. The highest BCUT2D eigenvalue weighted by atomic mass is 31.2. The summed E-state index contributed by atoms with van der Waals surface area (Å²) in [6, 6.07) is 0. The Hall–Kier alpha value is -1.28. The summed E-state index contributed by atoms with van der Waals surface area (Å²) in [4.78, 5) is 22.6. The molecule has 0 aliphatic heterocycles. The lowest BCUT2D eigenvalue weighted by Gasteiger charge is -2.20. The maximum Gasteiger partial charge on any atom is 0.472 e. The normalized spacial score (nSPS) is 13.6. The third-order valence-electron chi connectivity index (χ3n) is 10.8. The van der Waals surface area contributed by atoms with E-state index in [2.05, 4.69) is 50.3 Å². The molecule has 0 aromatic carbocycles. The van der Waals surface area contributed by atoms with Gasteiger partial charge in [-0.3, -0.25) is 13.8 Å². The Morgan fingerprint density at radius 2 is 0.898 bits per heavy atom. The average Bonchev–Trinajstić information content (AvgIpc) is 3.23. The van der Waals surface area contributed by atoms with Crippen LogP contribution in [-0.2, 0) is 27.9 Å². The van der Waals surface area contributed by atoms with E-state index >= 15 is 0 Å². The Labute approximate surface area is 365 Å². The van der Waals surface area contributed by atoms with E-state index in [0.29, 0.717) is 13.0 Å². The van der Waals surface area contributed by atoms with Crippen LogP contribution in [0.2, 0.25) is 0 Å². The van der Waals surface area contributed by atoms with Crippen molar-refractivity contribution < 1.29 is 32.8 Å². The molecule has 59 heavy (non-hydrogen) atoms. The summed E-state index contributed by atoms with van der Waals surface area (Å²) in [5.41, 5.74) is 5.38. The van der Waals surface area contributed by atoms with Gasteiger partial charge in [0.2, 0.25) is 0 Å². The van der Waals surface area contributed by atoms with Crippen LogP contribution in [0, 0.1) is 0 Å². The lowest BCUT2D eigenvalue weighted by molar-refractivity contribution is -0.154. The Morgan fingerprint density at radius 1 is 0.508 bits per heavy atom. The fourth-order valence-corrected chi connectivity index (χ4v) is 7.85. The molecule has 0 aromatic heterocycles. The monoisotopic (exact) mass is 854 g/mol. The third-order valence-corrected chi connectivity index (χ3v) is 11.8. The molecule has 0 saturated carbocycles. The lowest BCUT2D eigenvalue weighted by atomic mass is 10.0. The van der Waals surface area contributed by atoms with Crippen LogP contribution in [0.1, 0.15) is 239 Å². The maximum absolute atomic E-state index is 12.6. The van der Waals surface area contributed by atoms with E-state index in [1.807, 2.05) is 0 Å². The van der Waals surface area contributed by atoms with E-state index in [4.69, 9.17) is 24.3 Å². The van der Waals surface area contributed by atoms with Gasteiger partial charge < -0.3 is 20.1 Å². The lowest BCUT2D eigenvalue weighted by Crippen LogP contribution is -2.28. The number of rotatable bonds is 48. The van der Waals surface area contributed by atoms with Crippen LogP contribution in [0.3, 0.4) is 0 Å². The number of allylic oxidation sites excluding steroid dienone is 6. The van der Waals surface area contributed by atoms with Gasteiger partial charge in [-0.05, 0) is 70.6 Å². The minimum absolute atomic E-state index is 0.0960. The molecule has 0 fully saturated rings. The third kappa shape index (κ3) is 47.6. The highest BCUT2D eigenvalue weighted by Crippen LogP contribution is 2.43. The minimum atomic E-state index is -4.28. The fraction of sp³-hybridized carbons (Fsp3) is 0.860. The van der Waals surface area contributed by atoms with E-state index < -0.39 is 13.9 Å². The summed E-state index contributed by atoms with van der Waals surface area (Å²) >= 11 is 0. The van der Waals surface area contributed by atoms with Gasteiger partial charge in [0.25, 0.3) is 0 Å². The van der Waals surface area contributed by atoms with Crippen molar-refractivity contribution in [3.05, 3.63) is 36.5 Å². The van der Waals surface area contributed by atoms with E-state index in [1.54, 1.807) is 0 Å². The maximum atomic E-state index is 12.6. The molecule has 348 valence electrons. The van der Waals surface area contributed by atoms with E-state index in [-0.39, 0.29) is 32.3 Å². The van der Waals surface area contributed by atoms with Crippen LogP contribution in [-0.4, -0.2) is 49.9 Å². The summed E-state index contributed by atoms with van der Waals surface area (Å²) in [5.74, 6) is -0.331. The molecule has 8 nitrogen and oxygen atoms in total. The first kappa shape index (κ1) is 57.7. The molecule has 0 heterocycles. The van der Waals surface area contributed by atoms with E-state index in [0.717, 1.165) is 38.5 Å². The van der Waals surface area contributed by atoms with Crippen LogP contribution in [0.25, 0.3) is 0 Å². The van der Waals surface area contributed by atoms with Crippen molar-refractivity contribution in [1.29, 1.82) is 0 Å².